The number of hydrogen-bond donors (Lipinski definition) is 3. The van der Waals surface area contributed by atoms with Crippen molar-refractivity contribution in [1.29, 1.82) is 0 Å². The summed E-state index contributed by atoms with van der Waals surface area (Å²) in [6.07, 6.45) is 1.50. The molecule has 174 valence electrons. The highest BCUT2D eigenvalue weighted by molar-refractivity contribution is 7.99. The van der Waals surface area contributed by atoms with Crippen LogP contribution in [-0.4, -0.2) is 46.4 Å². The summed E-state index contributed by atoms with van der Waals surface area (Å²) in [6.45, 7) is 0.124. The van der Waals surface area contributed by atoms with E-state index in [9.17, 15) is 14.7 Å². The van der Waals surface area contributed by atoms with Crippen LogP contribution >= 0.6 is 11.8 Å². The number of aliphatic hydroxyl groups is 1. The molecule has 3 aromatic rings. The molecular formula is C23H26N4O5S. The average Bonchev–Trinajstić information content (AvgIpc) is 3.23. The molecule has 2 amide bonds. The molecule has 3 N–H and O–H groups in total. The Balaban J connectivity index is 1.58. The van der Waals surface area contributed by atoms with Gasteiger partial charge in [0.15, 0.2) is 16.7 Å². The smallest absolute Gasteiger partial charge is 0.240 e. The van der Waals surface area contributed by atoms with Gasteiger partial charge in [-0.3, -0.25) is 9.59 Å². The first-order chi connectivity index (χ1) is 16.0. The van der Waals surface area contributed by atoms with E-state index < -0.39 is 0 Å². The number of nitrogens with zero attached hydrogens (tertiary/aromatic N) is 2. The minimum absolute atomic E-state index is 0.0115. The fourth-order valence-corrected chi connectivity index (χ4v) is 3.84. The van der Waals surface area contributed by atoms with Crippen LogP contribution < -0.4 is 20.1 Å². The van der Waals surface area contributed by atoms with Crippen LogP contribution in [0.1, 0.15) is 11.3 Å². The molecule has 1 aromatic heterocycles. The van der Waals surface area contributed by atoms with Crippen LogP contribution in [0.2, 0.25) is 0 Å². The van der Waals surface area contributed by atoms with Gasteiger partial charge in [-0.15, -0.1) is 0 Å². The van der Waals surface area contributed by atoms with E-state index in [2.05, 4.69) is 15.6 Å². The second kappa shape index (κ2) is 11.9. The van der Waals surface area contributed by atoms with Crippen molar-refractivity contribution in [2.24, 2.45) is 0 Å². The Morgan fingerprint density at radius 2 is 1.82 bits per heavy atom. The van der Waals surface area contributed by atoms with Crippen molar-refractivity contribution in [3.05, 3.63) is 66.0 Å². The van der Waals surface area contributed by atoms with E-state index in [-0.39, 0.29) is 30.7 Å². The van der Waals surface area contributed by atoms with E-state index in [0.29, 0.717) is 34.6 Å². The molecule has 0 aliphatic heterocycles. The maximum atomic E-state index is 12.4. The SMILES string of the molecule is COc1ccc(NC(=O)CSc2ncc(CO)n2CC(=O)NCc2ccccc2)cc1OC. The Kier molecular flexibility index (Phi) is 8.73. The van der Waals surface area contributed by atoms with Crippen LogP contribution in [0.3, 0.4) is 0 Å². The Labute approximate surface area is 196 Å². The Morgan fingerprint density at radius 3 is 2.52 bits per heavy atom. The molecule has 0 aliphatic carbocycles. The quantitative estimate of drug-likeness (QED) is 0.369. The van der Waals surface area contributed by atoms with Gasteiger partial charge in [0, 0.05) is 18.3 Å². The molecule has 9 nitrogen and oxygen atoms in total. The number of thioether (sulfide) groups is 1. The highest BCUT2D eigenvalue weighted by atomic mass is 32.2. The van der Waals surface area contributed by atoms with Gasteiger partial charge < -0.3 is 29.8 Å². The summed E-state index contributed by atoms with van der Waals surface area (Å²) in [4.78, 5) is 29.1. The van der Waals surface area contributed by atoms with Crippen molar-refractivity contribution in [3.63, 3.8) is 0 Å². The molecular weight excluding hydrogens is 444 g/mol. The number of rotatable bonds is 11. The average molecular weight is 471 g/mol. The molecule has 0 saturated heterocycles. The lowest BCUT2D eigenvalue weighted by atomic mass is 10.2. The summed E-state index contributed by atoms with van der Waals surface area (Å²) in [5.74, 6) is 0.674. The van der Waals surface area contributed by atoms with Gasteiger partial charge in [-0.1, -0.05) is 42.1 Å². The number of aromatic nitrogens is 2. The van der Waals surface area contributed by atoms with Crippen LogP contribution in [0.4, 0.5) is 5.69 Å². The second-order valence-corrected chi connectivity index (χ2v) is 7.89. The van der Waals surface area contributed by atoms with Gasteiger partial charge in [-0.2, -0.15) is 0 Å². The molecule has 0 radical (unpaired) electrons. The molecule has 0 spiro atoms. The number of hydrogen-bond acceptors (Lipinski definition) is 7. The van der Waals surface area contributed by atoms with Crippen molar-refractivity contribution in [2.45, 2.75) is 24.9 Å². The lowest BCUT2D eigenvalue weighted by Gasteiger charge is -2.12. The Bertz CT molecular complexity index is 1090. The molecule has 0 saturated carbocycles. The van der Waals surface area contributed by atoms with Crippen LogP contribution in [-0.2, 0) is 29.3 Å². The zero-order chi connectivity index (χ0) is 23.6. The predicted octanol–water partition coefficient (Wildman–Crippen LogP) is 2.44. The number of carbonyl (C=O) groups is 2. The first-order valence-electron chi connectivity index (χ1n) is 10.1. The zero-order valence-electron chi connectivity index (χ0n) is 18.4. The summed E-state index contributed by atoms with van der Waals surface area (Å²) in [7, 11) is 3.06. The molecule has 0 aliphatic rings. The first kappa shape index (κ1) is 24.1. The number of carbonyl (C=O) groups excluding carboxylic acids is 2. The molecule has 2 aromatic carbocycles. The largest absolute Gasteiger partial charge is 0.493 e. The monoisotopic (exact) mass is 470 g/mol. The van der Waals surface area contributed by atoms with E-state index >= 15 is 0 Å². The van der Waals surface area contributed by atoms with Crippen LogP contribution in [0.25, 0.3) is 0 Å². The number of ether oxygens (including phenoxy) is 2. The van der Waals surface area contributed by atoms with Gasteiger partial charge in [-0.25, -0.2) is 4.98 Å². The molecule has 3 rings (SSSR count). The van der Waals surface area contributed by atoms with Crippen molar-refractivity contribution >= 4 is 29.3 Å². The Morgan fingerprint density at radius 1 is 1.06 bits per heavy atom. The normalized spacial score (nSPS) is 10.5. The van der Waals surface area contributed by atoms with Gasteiger partial charge in [-0.05, 0) is 17.7 Å². The van der Waals surface area contributed by atoms with Crippen molar-refractivity contribution in [1.82, 2.24) is 14.9 Å². The van der Waals surface area contributed by atoms with E-state index in [4.69, 9.17) is 9.47 Å². The van der Waals surface area contributed by atoms with Crippen LogP contribution in [0, 0.1) is 0 Å². The van der Waals surface area contributed by atoms with E-state index in [1.807, 2.05) is 30.3 Å². The number of amides is 2. The standard InChI is InChI=1S/C23H26N4O5S/c1-31-19-9-8-17(10-20(19)32-2)26-22(30)15-33-23-25-12-18(14-28)27(23)13-21(29)24-11-16-6-4-3-5-7-16/h3-10,12,28H,11,13-15H2,1-2H3,(H,24,29)(H,26,30). The van der Waals surface area contributed by atoms with Gasteiger partial charge >= 0.3 is 0 Å². The maximum absolute atomic E-state index is 12.4. The van der Waals surface area contributed by atoms with Crippen LogP contribution in [0.15, 0.2) is 59.9 Å². The molecule has 10 heteroatoms. The van der Waals surface area contributed by atoms with Gasteiger partial charge in [0.2, 0.25) is 11.8 Å². The number of aliphatic hydroxyl groups excluding tert-OH is 1. The number of benzene rings is 2. The summed E-state index contributed by atoms with van der Waals surface area (Å²) < 4.78 is 12.0. The third-order valence-corrected chi connectivity index (χ3v) is 5.69. The predicted molar refractivity (Wildman–Crippen MR) is 125 cm³/mol. The lowest BCUT2D eigenvalue weighted by Crippen LogP contribution is -2.28. The molecule has 0 unspecified atom stereocenters. The lowest BCUT2D eigenvalue weighted by molar-refractivity contribution is -0.122. The molecule has 1 heterocycles. The number of imidazole rings is 1. The molecule has 33 heavy (non-hydrogen) atoms. The van der Waals surface area contributed by atoms with Crippen molar-refractivity contribution < 1.29 is 24.2 Å². The number of anilines is 1. The molecule has 0 fully saturated rings. The topological polar surface area (TPSA) is 115 Å². The molecule has 0 bridgehead atoms. The van der Waals surface area contributed by atoms with Crippen molar-refractivity contribution in [3.8, 4) is 11.5 Å². The summed E-state index contributed by atoms with van der Waals surface area (Å²) >= 11 is 1.18. The minimum atomic E-state index is -0.267. The summed E-state index contributed by atoms with van der Waals surface area (Å²) in [6, 6.07) is 14.7. The summed E-state index contributed by atoms with van der Waals surface area (Å²) in [5, 5.41) is 15.7. The first-order valence-corrected chi connectivity index (χ1v) is 11.1. The second-order valence-electron chi connectivity index (χ2n) is 6.95. The van der Waals surface area contributed by atoms with Crippen LogP contribution in [0.5, 0.6) is 11.5 Å². The highest BCUT2D eigenvalue weighted by Gasteiger charge is 2.15. The fraction of sp³-hybridized carbons (Fsp3) is 0.261. The maximum Gasteiger partial charge on any atom is 0.240 e. The third kappa shape index (κ3) is 6.74. The van der Waals surface area contributed by atoms with E-state index in [1.165, 1.54) is 32.2 Å². The Hall–Kier alpha value is -3.50. The van der Waals surface area contributed by atoms with Crippen molar-refractivity contribution in [2.75, 3.05) is 25.3 Å². The van der Waals surface area contributed by atoms with E-state index in [1.54, 1.807) is 22.8 Å². The van der Waals surface area contributed by atoms with Gasteiger partial charge in [0.05, 0.1) is 38.5 Å². The third-order valence-electron chi connectivity index (χ3n) is 4.70. The minimum Gasteiger partial charge on any atom is -0.493 e. The number of methoxy groups -OCH3 is 2. The summed E-state index contributed by atoms with van der Waals surface area (Å²) in [5.41, 5.74) is 2.05. The van der Waals surface area contributed by atoms with Gasteiger partial charge in [0.25, 0.3) is 0 Å². The van der Waals surface area contributed by atoms with Gasteiger partial charge in [0.1, 0.15) is 6.54 Å². The highest BCUT2D eigenvalue weighted by Crippen LogP contribution is 2.30. The number of nitrogens with one attached hydrogen (secondary N) is 2. The fourth-order valence-electron chi connectivity index (χ4n) is 3.04. The molecule has 0 atom stereocenters. The van der Waals surface area contributed by atoms with E-state index in [0.717, 1.165) is 5.56 Å². The zero-order valence-corrected chi connectivity index (χ0v) is 19.2.